The van der Waals surface area contributed by atoms with Crippen molar-refractivity contribution in [1.29, 1.82) is 0 Å². The number of hydrogen-bond acceptors (Lipinski definition) is 2. The number of nitrogens with zero attached hydrogens (tertiary/aromatic N) is 1. The lowest BCUT2D eigenvalue weighted by atomic mass is 10.1. The van der Waals surface area contributed by atoms with Crippen LogP contribution in [-0.4, -0.2) is 13.1 Å². The second-order valence-corrected chi connectivity index (χ2v) is 4.11. The third-order valence-corrected chi connectivity index (χ3v) is 3.12. The van der Waals surface area contributed by atoms with E-state index in [0.29, 0.717) is 10.7 Å². The molecule has 0 spiro atoms. The van der Waals surface area contributed by atoms with Crippen LogP contribution >= 0.6 is 11.6 Å². The minimum absolute atomic E-state index is 0.676. The Balaban J connectivity index is 2.26. The van der Waals surface area contributed by atoms with Gasteiger partial charge in [0.05, 0.1) is 16.4 Å². The first kappa shape index (κ1) is 9.66. The van der Waals surface area contributed by atoms with Gasteiger partial charge in [0.25, 0.3) is 0 Å². The second kappa shape index (κ2) is 4.09. The van der Waals surface area contributed by atoms with E-state index in [0.717, 1.165) is 18.8 Å². The first-order valence-electron chi connectivity index (χ1n) is 5.08. The van der Waals surface area contributed by atoms with E-state index in [4.69, 9.17) is 17.3 Å². The molecule has 1 aromatic rings. The minimum atomic E-state index is 0.676. The van der Waals surface area contributed by atoms with Gasteiger partial charge < -0.3 is 10.6 Å². The molecule has 0 radical (unpaired) electrons. The third-order valence-electron chi connectivity index (χ3n) is 2.70. The molecule has 0 aromatic heterocycles. The first-order chi connectivity index (χ1) is 6.79. The number of anilines is 2. The van der Waals surface area contributed by atoms with E-state index >= 15 is 0 Å². The molecule has 1 aliphatic heterocycles. The van der Waals surface area contributed by atoms with Gasteiger partial charge in [-0.1, -0.05) is 17.7 Å². The molecular formula is C11H15ClN2. The number of nitrogens with two attached hydrogens (primary N) is 1. The van der Waals surface area contributed by atoms with Gasteiger partial charge in [-0.3, -0.25) is 0 Å². The maximum absolute atomic E-state index is 6.16. The van der Waals surface area contributed by atoms with E-state index in [9.17, 15) is 0 Å². The van der Waals surface area contributed by atoms with Crippen LogP contribution in [0.5, 0.6) is 0 Å². The molecule has 1 aromatic carbocycles. The smallest absolute Gasteiger partial charge is 0.0868 e. The maximum atomic E-state index is 6.16. The molecule has 14 heavy (non-hydrogen) atoms. The van der Waals surface area contributed by atoms with E-state index in [1.807, 2.05) is 18.2 Å². The predicted octanol–water partition coefficient (Wildman–Crippen LogP) is 2.91. The van der Waals surface area contributed by atoms with Crippen LogP contribution in [0.1, 0.15) is 19.3 Å². The molecule has 1 saturated heterocycles. The largest absolute Gasteiger partial charge is 0.397 e. The Morgan fingerprint density at radius 1 is 1.14 bits per heavy atom. The molecule has 0 saturated carbocycles. The standard InChI is InChI=1S/C11H15ClN2/c12-11-9(13)5-4-6-10(11)14-7-2-1-3-8-14/h4-6H,1-3,7-8,13H2. The lowest BCUT2D eigenvalue weighted by Gasteiger charge is -2.29. The number of rotatable bonds is 1. The van der Waals surface area contributed by atoms with Gasteiger partial charge >= 0.3 is 0 Å². The molecule has 2 N–H and O–H groups in total. The lowest BCUT2D eigenvalue weighted by molar-refractivity contribution is 0.578. The summed E-state index contributed by atoms with van der Waals surface area (Å²) < 4.78 is 0. The van der Waals surface area contributed by atoms with E-state index in [-0.39, 0.29) is 0 Å². The van der Waals surface area contributed by atoms with Crippen molar-refractivity contribution in [1.82, 2.24) is 0 Å². The fourth-order valence-electron chi connectivity index (χ4n) is 1.92. The number of nitrogen functional groups attached to an aromatic ring is 1. The number of benzene rings is 1. The Bertz CT molecular complexity index is 319. The van der Waals surface area contributed by atoms with Crippen molar-refractivity contribution in [3.63, 3.8) is 0 Å². The van der Waals surface area contributed by atoms with E-state index in [2.05, 4.69) is 4.90 Å². The summed E-state index contributed by atoms with van der Waals surface area (Å²) in [5, 5.41) is 0.703. The van der Waals surface area contributed by atoms with Gasteiger partial charge in [-0.2, -0.15) is 0 Å². The zero-order chi connectivity index (χ0) is 9.97. The molecule has 0 aliphatic carbocycles. The van der Waals surface area contributed by atoms with Crippen molar-refractivity contribution < 1.29 is 0 Å². The molecule has 0 unspecified atom stereocenters. The molecule has 2 nitrogen and oxygen atoms in total. The summed E-state index contributed by atoms with van der Waals surface area (Å²) in [5.74, 6) is 0. The maximum Gasteiger partial charge on any atom is 0.0868 e. The zero-order valence-corrected chi connectivity index (χ0v) is 8.93. The molecule has 0 amide bonds. The van der Waals surface area contributed by atoms with Gasteiger partial charge in [0.15, 0.2) is 0 Å². The molecule has 2 rings (SSSR count). The van der Waals surface area contributed by atoms with Crippen LogP contribution in [0.25, 0.3) is 0 Å². The summed E-state index contributed by atoms with van der Waals surface area (Å²) in [6, 6.07) is 5.85. The number of piperidine rings is 1. The van der Waals surface area contributed by atoms with Gasteiger partial charge in [0.1, 0.15) is 0 Å². The van der Waals surface area contributed by atoms with Crippen LogP contribution in [-0.2, 0) is 0 Å². The van der Waals surface area contributed by atoms with Crippen LogP contribution in [0.2, 0.25) is 5.02 Å². The van der Waals surface area contributed by atoms with E-state index < -0.39 is 0 Å². The van der Waals surface area contributed by atoms with Crippen LogP contribution in [0.15, 0.2) is 18.2 Å². The highest BCUT2D eigenvalue weighted by atomic mass is 35.5. The molecule has 0 atom stereocenters. The molecule has 3 heteroatoms. The van der Waals surface area contributed by atoms with Gasteiger partial charge in [-0.05, 0) is 31.4 Å². The number of halogens is 1. The molecule has 1 heterocycles. The monoisotopic (exact) mass is 210 g/mol. The Hall–Kier alpha value is -0.890. The highest BCUT2D eigenvalue weighted by Crippen LogP contribution is 2.32. The summed E-state index contributed by atoms with van der Waals surface area (Å²) in [7, 11) is 0. The highest BCUT2D eigenvalue weighted by molar-refractivity contribution is 6.35. The van der Waals surface area contributed by atoms with E-state index in [1.54, 1.807) is 0 Å². The number of hydrogen-bond donors (Lipinski definition) is 1. The van der Waals surface area contributed by atoms with Crippen LogP contribution in [0, 0.1) is 0 Å². The summed E-state index contributed by atoms with van der Waals surface area (Å²) >= 11 is 6.16. The van der Waals surface area contributed by atoms with Crippen molar-refractivity contribution in [2.24, 2.45) is 0 Å². The van der Waals surface area contributed by atoms with Crippen molar-refractivity contribution in [3.8, 4) is 0 Å². The van der Waals surface area contributed by atoms with Gasteiger partial charge in [0.2, 0.25) is 0 Å². The fraction of sp³-hybridized carbons (Fsp3) is 0.455. The molecule has 1 fully saturated rings. The van der Waals surface area contributed by atoms with Crippen molar-refractivity contribution in [2.75, 3.05) is 23.7 Å². The van der Waals surface area contributed by atoms with E-state index in [1.165, 1.54) is 19.3 Å². The molecular weight excluding hydrogens is 196 g/mol. The fourth-order valence-corrected chi connectivity index (χ4v) is 2.16. The van der Waals surface area contributed by atoms with Crippen molar-refractivity contribution >= 4 is 23.0 Å². The average molecular weight is 211 g/mol. The molecule has 1 aliphatic rings. The first-order valence-corrected chi connectivity index (χ1v) is 5.46. The molecule has 76 valence electrons. The van der Waals surface area contributed by atoms with Gasteiger partial charge in [0, 0.05) is 13.1 Å². The SMILES string of the molecule is Nc1cccc(N2CCCCC2)c1Cl. The van der Waals surface area contributed by atoms with Crippen LogP contribution in [0.4, 0.5) is 11.4 Å². The quantitative estimate of drug-likeness (QED) is 0.723. The summed E-state index contributed by atoms with van der Waals surface area (Å²) in [4.78, 5) is 2.32. The van der Waals surface area contributed by atoms with Gasteiger partial charge in [-0.25, -0.2) is 0 Å². The third kappa shape index (κ3) is 1.80. The summed E-state index contributed by atoms with van der Waals surface area (Å²) in [5.41, 5.74) is 7.53. The topological polar surface area (TPSA) is 29.3 Å². The Kier molecular flexibility index (Phi) is 2.82. The predicted molar refractivity (Wildman–Crippen MR) is 61.9 cm³/mol. The highest BCUT2D eigenvalue weighted by Gasteiger charge is 2.14. The zero-order valence-electron chi connectivity index (χ0n) is 8.17. The van der Waals surface area contributed by atoms with Crippen LogP contribution < -0.4 is 10.6 Å². The van der Waals surface area contributed by atoms with Crippen molar-refractivity contribution in [2.45, 2.75) is 19.3 Å². The lowest BCUT2D eigenvalue weighted by Crippen LogP contribution is -2.29. The second-order valence-electron chi connectivity index (χ2n) is 3.73. The van der Waals surface area contributed by atoms with Crippen LogP contribution in [0.3, 0.4) is 0 Å². The Labute approximate surface area is 89.7 Å². The minimum Gasteiger partial charge on any atom is -0.397 e. The molecule has 0 bridgehead atoms. The normalized spacial score (nSPS) is 17.1. The van der Waals surface area contributed by atoms with Crippen molar-refractivity contribution in [3.05, 3.63) is 23.2 Å². The summed E-state index contributed by atoms with van der Waals surface area (Å²) in [6.07, 6.45) is 3.84. The Morgan fingerprint density at radius 3 is 2.57 bits per heavy atom. The Morgan fingerprint density at radius 2 is 1.86 bits per heavy atom. The summed E-state index contributed by atoms with van der Waals surface area (Å²) in [6.45, 7) is 2.20. The average Bonchev–Trinajstić information content (AvgIpc) is 2.23. The van der Waals surface area contributed by atoms with Gasteiger partial charge in [-0.15, -0.1) is 0 Å².